The van der Waals surface area contributed by atoms with Gasteiger partial charge in [0.15, 0.2) is 0 Å². The van der Waals surface area contributed by atoms with Crippen molar-refractivity contribution in [3.8, 4) is 0 Å². The summed E-state index contributed by atoms with van der Waals surface area (Å²) in [6, 6.07) is 4.08. The molecule has 0 aromatic carbocycles. The molecule has 1 aliphatic rings. The Kier molecular flexibility index (Phi) is 4.32. The lowest BCUT2D eigenvalue weighted by atomic mass is 9.82. The predicted octanol–water partition coefficient (Wildman–Crippen LogP) is 4.33. The number of fused-ring (bicyclic) bond motifs is 1. The van der Waals surface area contributed by atoms with Gasteiger partial charge in [0.05, 0.1) is 0 Å². The fraction of sp³-hybridized carbons (Fsp3) is 0.579. The first kappa shape index (κ1) is 15.3. The van der Waals surface area contributed by atoms with Crippen LogP contribution in [0.25, 0.3) is 11.0 Å². The van der Waals surface area contributed by atoms with Crippen LogP contribution < -0.4 is 5.56 Å². The Labute approximate surface area is 132 Å². The monoisotopic (exact) mass is 298 g/mol. The SMILES string of the molecule is CCc1cc(C)c2c(C3CCCCC3)cc(=O)n(CC)c2n1. The number of hydrogen-bond acceptors (Lipinski definition) is 2. The van der Waals surface area contributed by atoms with Crippen molar-refractivity contribution in [2.24, 2.45) is 0 Å². The summed E-state index contributed by atoms with van der Waals surface area (Å²) in [5.41, 5.74) is 4.59. The minimum Gasteiger partial charge on any atom is -0.293 e. The molecule has 0 saturated heterocycles. The van der Waals surface area contributed by atoms with E-state index in [2.05, 4.69) is 19.9 Å². The highest BCUT2D eigenvalue weighted by Gasteiger charge is 2.21. The predicted molar refractivity (Wildman–Crippen MR) is 91.6 cm³/mol. The molecule has 0 radical (unpaired) electrons. The van der Waals surface area contributed by atoms with E-state index in [1.807, 2.05) is 17.6 Å². The van der Waals surface area contributed by atoms with Crippen LogP contribution in [0.3, 0.4) is 0 Å². The Morgan fingerprint density at radius 2 is 1.91 bits per heavy atom. The van der Waals surface area contributed by atoms with Crippen molar-refractivity contribution in [2.75, 3.05) is 0 Å². The van der Waals surface area contributed by atoms with Gasteiger partial charge in [-0.25, -0.2) is 4.98 Å². The molecule has 0 aliphatic heterocycles. The van der Waals surface area contributed by atoms with Crippen LogP contribution in [0.4, 0.5) is 0 Å². The average molecular weight is 298 g/mol. The van der Waals surface area contributed by atoms with Gasteiger partial charge < -0.3 is 0 Å². The molecule has 118 valence electrons. The standard InChI is InChI=1S/C19H26N2O/c1-4-15-11-13(3)18-16(14-9-7-6-8-10-14)12-17(22)21(5-2)19(18)20-15/h11-12,14H,4-10H2,1-3H3. The molecule has 0 unspecified atom stereocenters. The number of pyridine rings is 2. The van der Waals surface area contributed by atoms with Gasteiger partial charge in [0.2, 0.25) is 0 Å². The van der Waals surface area contributed by atoms with Crippen LogP contribution >= 0.6 is 0 Å². The molecule has 2 aromatic heterocycles. The molecule has 1 aliphatic carbocycles. The fourth-order valence-corrected chi connectivity index (χ4v) is 3.88. The maximum atomic E-state index is 12.6. The Hall–Kier alpha value is -1.64. The Balaban J connectivity index is 2.30. The molecule has 1 saturated carbocycles. The van der Waals surface area contributed by atoms with E-state index in [9.17, 15) is 4.79 Å². The fourth-order valence-electron chi connectivity index (χ4n) is 3.88. The molecule has 22 heavy (non-hydrogen) atoms. The smallest absolute Gasteiger partial charge is 0.252 e. The van der Waals surface area contributed by atoms with Crippen molar-refractivity contribution in [1.82, 2.24) is 9.55 Å². The van der Waals surface area contributed by atoms with Crippen molar-refractivity contribution < 1.29 is 0 Å². The summed E-state index contributed by atoms with van der Waals surface area (Å²) in [5.74, 6) is 0.531. The topological polar surface area (TPSA) is 34.9 Å². The zero-order valence-corrected chi connectivity index (χ0v) is 14.0. The number of aromatic nitrogens is 2. The minimum absolute atomic E-state index is 0.107. The van der Waals surface area contributed by atoms with Gasteiger partial charge in [-0.15, -0.1) is 0 Å². The first-order valence-corrected chi connectivity index (χ1v) is 8.69. The van der Waals surface area contributed by atoms with Crippen LogP contribution in [0.15, 0.2) is 16.9 Å². The summed E-state index contributed by atoms with van der Waals surface area (Å²) in [7, 11) is 0. The maximum absolute atomic E-state index is 12.6. The molecule has 2 heterocycles. The number of aryl methyl sites for hydroxylation is 3. The molecule has 3 nitrogen and oxygen atoms in total. The number of rotatable bonds is 3. The second-order valence-corrected chi connectivity index (χ2v) is 6.50. The van der Waals surface area contributed by atoms with Crippen LogP contribution in [0.2, 0.25) is 0 Å². The van der Waals surface area contributed by atoms with E-state index in [0.717, 1.165) is 17.8 Å². The van der Waals surface area contributed by atoms with Crippen LogP contribution in [0, 0.1) is 6.92 Å². The van der Waals surface area contributed by atoms with Crippen LogP contribution in [-0.2, 0) is 13.0 Å². The molecule has 0 atom stereocenters. The number of nitrogens with zero attached hydrogens (tertiary/aromatic N) is 2. The highest BCUT2D eigenvalue weighted by molar-refractivity contribution is 5.83. The van der Waals surface area contributed by atoms with Crippen molar-refractivity contribution in [3.63, 3.8) is 0 Å². The van der Waals surface area contributed by atoms with E-state index in [0.29, 0.717) is 12.5 Å². The normalized spacial score (nSPS) is 16.3. The Morgan fingerprint density at radius 1 is 1.18 bits per heavy atom. The Bertz CT molecular complexity index is 739. The first-order valence-electron chi connectivity index (χ1n) is 8.69. The molecule has 0 bridgehead atoms. The van der Waals surface area contributed by atoms with Gasteiger partial charge in [-0.05, 0) is 56.2 Å². The molecular formula is C19H26N2O. The molecule has 1 fully saturated rings. The third-order valence-corrected chi connectivity index (χ3v) is 5.06. The van der Waals surface area contributed by atoms with Crippen LogP contribution in [0.1, 0.15) is 68.7 Å². The van der Waals surface area contributed by atoms with E-state index in [-0.39, 0.29) is 5.56 Å². The van der Waals surface area contributed by atoms with E-state index in [4.69, 9.17) is 4.98 Å². The second-order valence-electron chi connectivity index (χ2n) is 6.50. The number of hydrogen-bond donors (Lipinski definition) is 0. The highest BCUT2D eigenvalue weighted by atomic mass is 16.1. The Morgan fingerprint density at radius 3 is 2.55 bits per heavy atom. The molecule has 0 spiro atoms. The van der Waals surface area contributed by atoms with Gasteiger partial charge in [0.25, 0.3) is 5.56 Å². The molecule has 0 amide bonds. The van der Waals surface area contributed by atoms with Crippen molar-refractivity contribution in [1.29, 1.82) is 0 Å². The summed E-state index contributed by atoms with van der Waals surface area (Å²) in [6.45, 7) is 6.99. The van der Waals surface area contributed by atoms with Gasteiger partial charge in [-0.3, -0.25) is 9.36 Å². The largest absolute Gasteiger partial charge is 0.293 e. The van der Waals surface area contributed by atoms with Gasteiger partial charge in [-0.1, -0.05) is 26.2 Å². The second kappa shape index (κ2) is 6.23. The third kappa shape index (κ3) is 2.57. The van der Waals surface area contributed by atoms with E-state index >= 15 is 0 Å². The summed E-state index contributed by atoms with van der Waals surface area (Å²) >= 11 is 0. The minimum atomic E-state index is 0.107. The van der Waals surface area contributed by atoms with Crippen molar-refractivity contribution >= 4 is 11.0 Å². The van der Waals surface area contributed by atoms with Gasteiger partial charge in [0.1, 0.15) is 5.65 Å². The summed E-state index contributed by atoms with van der Waals surface area (Å²) in [6.07, 6.45) is 7.21. The maximum Gasteiger partial charge on any atom is 0.252 e. The summed E-state index contributed by atoms with van der Waals surface area (Å²) in [5, 5.41) is 1.23. The van der Waals surface area contributed by atoms with E-state index in [1.165, 1.54) is 48.6 Å². The molecule has 0 N–H and O–H groups in total. The highest BCUT2D eigenvalue weighted by Crippen LogP contribution is 2.36. The van der Waals surface area contributed by atoms with Gasteiger partial charge >= 0.3 is 0 Å². The zero-order chi connectivity index (χ0) is 15.7. The lowest BCUT2D eigenvalue weighted by molar-refractivity contribution is 0.444. The van der Waals surface area contributed by atoms with Crippen LogP contribution in [-0.4, -0.2) is 9.55 Å². The molecular weight excluding hydrogens is 272 g/mol. The lowest BCUT2D eigenvalue weighted by Crippen LogP contribution is -2.22. The molecule has 3 rings (SSSR count). The lowest BCUT2D eigenvalue weighted by Gasteiger charge is -2.24. The molecule has 3 heteroatoms. The third-order valence-electron chi connectivity index (χ3n) is 5.06. The average Bonchev–Trinajstić information content (AvgIpc) is 2.54. The quantitative estimate of drug-likeness (QED) is 0.845. The van der Waals surface area contributed by atoms with Crippen molar-refractivity contribution in [3.05, 3.63) is 39.3 Å². The van der Waals surface area contributed by atoms with Crippen molar-refractivity contribution in [2.45, 2.75) is 71.8 Å². The molecule has 2 aromatic rings. The van der Waals surface area contributed by atoms with Crippen LogP contribution in [0.5, 0.6) is 0 Å². The first-order chi connectivity index (χ1) is 10.7. The summed E-state index contributed by atoms with van der Waals surface area (Å²) in [4.78, 5) is 17.4. The van der Waals surface area contributed by atoms with Gasteiger partial charge in [-0.2, -0.15) is 0 Å². The zero-order valence-electron chi connectivity index (χ0n) is 14.0. The van der Waals surface area contributed by atoms with Gasteiger partial charge in [0, 0.05) is 23.7 Å². The summed E-state index contributed by atoms with van der Waals surface area (Å²) < 4.78 is 1.83. The van der Waals surface area contributed by atoms with E-state index in [1.54, 1.807) is 0 Å². The van der Waals surface area contributed by atoms with E-state index < -0.39 is 0 Å².